The largest absolute Gasteiger partial charge is 0.371 e. The molecule has 2 aromatic rings. The van der Waals surface area contributed by atoms with Crippen LogP contribution in [-0.2, 0) is 11.3 Å². The molecule has 3 rings (SSSR count). The molecule has 1 saturated heterocycles. The highest BCUT2D eigenvalue weighted by molar-refractivity contribution is 5.88. The number of carbonyl (C=O) groups excluding carboxylic acids is 1. The second-order valence-electron chi connectivity index (χ2n) is 6.46. The Morgan fingerprint density at radius 3 is 2.88 bits per heavy atom. The van der Waals surface area contributed by atoms with Gasteiger partial charge in [-0.15, -0.1) is 0 Å². The molecule has 0 unspecified atom stereocenters. The fraction of sp³-hybridized carbons (Fsp3) is 0.444. The predicted octanol–water partition coefficient (Wildman–Crippen LogP) is 2.10. The summed E-state index contributed by atoms with van der Waals surface area (Å²) in [6.45, 7) is 2.32. The molecule has 2 heterocycles. The average Bonchev–Trinajstić information content (AvgIpc) is 3.23. The molecule has 1 aromatic heterocycles. The number of benzene rings is 1. The SMILES string of the molecule is CN(C)CCn1ccc(NC(=O)N[C@@H]2CCO[C@H]2c2ccccc2)n1. The minimum Gasteiger partial charge on any atom is -0.371 e. The highest BCUT2D eigenvalue weighted by Crippen LogP contribution is 2.28. The van der Waals surface area contributed by atoms with Crippen LogP contribution >= 0.6 is 0 Å². The lowest BCUT2D eigenvalue weighted by Crippen LogP contribution is -2.39. The molecular formula is C18H25N5O2. The molecule has 0 saturated carbocycles. The zero-order valence-electron chi connectivity index (χ0n) is 14.7. The minimum atomic E-state index is -0.255. The van der Waals surface area contributed by atoms with E-state index in [0.29, 0.717) is 12.4 Å². The Morgan fingerprint density at radius 1 is 1.32 bits per heavy atom. The first-order chi connectivity index (χ1) is 12.1. The number of likely N-dealkylation sites (N-methyl/N-ethyl adjacent to an activating group) is 1. The Hall–Kier alpha value is -2.38. The van der Waals surface area contributed by atoms with Crippen molar-refractivity contribution in [3.63, 3.8) is 0 Å². The first-order valence-electron chi connectivity index (χ1n) is 8.54. The van der Waals surface area contributed by atoms with Crippen molar-refractivity contribution in [2.24, 2.45) is 0 Å². The van der Waals surface area contributed by atoms with Crippen LogP contribution in [0, 0.1) is 0 Å². The third kappa shape index (κ3) is 4.80. The van der Waals surface area contributed by atoms with Crippen molar-refractivity contribution < 1.29 is 9.53 Å². The van der Waals surface area contributed by atoms with Crippen LogP contribution in [0.3, 0.4) is 0 Å². The Morgan fingerprint density at radius 2 is 2.12 bits per heavy atom. The number of aromatic nitrogens is 2. The van der Waals surface area contributed by atoms with E-state index < -0.39 is 0 Å². The van der Waals surface area contributed by atoms with Gasteiger partial charge in [-0.3, -0.25) is 10.00 Å². The van der Waals surface area contributed by atoms with Crippen LogP contribution in [0.5, 0.6) is 0 Å². The number of carbonyl (C=O) groups is 1. The molecule has 1 aromatic carbocycles. The van der Waals surface area contributed by atoms with Crippen molar-refractivity contribution in [1.82, 2.24) is 20.0 Å². The van der Waals surface area contributed by atoms with Crippen LogP contribution in [0.15, 0.2) is 42.6 Å². The summed E-state index contributed by atoms with van der Waals surface area (Å²) >= 11 is 0. The molecule has 2 amide bonds. The molecule has 2 N–H and O–H groups in total. The summed E-state index contributed by atoms with van der Waals surface area (Å²) in [6.07, 6.45) is 2.55. The number of nitrogens with zero attached hydrogens (tertiary/aromatic N) is 3. The molecule has 7 heteroatoms. The van der Waals surface area contributed by atoms with Gasteiger partial charge < -0.3 is 15.0 Å². The Kier molecular flexibility index (Phi) is 5.67. The Labute approximate surface area is 148 Å². The molecule has 1 aliphatic heterocycles. The van der Waals surface area contributed by atoms with Crippen molar-refractivity contribution in [2.75, 3.05) is 32.6 Å². The van der Waals surface area contributed by atoms with E-state index in [1.807, 2.05) is 55.3 Å². The molecule has 25 heavy (non-hydrogen) atoms. The monoisotopic (exact) mass is 343 g/mol. The van der Waals surface area contributed by atoms with Crippen LogP contribution < -0.4 is 10.6 Å². The smallest absolute Gasteiger partial charge is 0.320 e. The fourth-order valence-electron chi connectivity index (χ4n) is 2.88. The number of anilines is 1. The van der Waals surface area contributed by atoms with E-state index in [2.05, 4.69) is 20.6 Å². The van der Waals surface area contributed by atoms with Gasteiger partial charge in [0.2, 0.25) is 0 Å². The van der Waals surface area contributed by atoms with E-state index in [9.17, 15) is 4.79 Å². The van der Waals surface area contributed by atoms with E-state index in [-0.39, 0.29) is 18.2 Å². The highest BCUT2D eigenvalue weighted by atomic mass is 16.5. The molecular weight excluding hydrogens is 318 g/mol. The Bertz CT molecular complexity index is 686. The minimum absolute atomic E-state index is 0.0433. The van der Waals surface area contributed by atoms with Crippen molar-refractivity contribution >= 4 is 11.8 Å². The molecule has 7 nitrogen and oxygen atoms in total. The maximum Gasteiger partial charge on any atom is 0.320 e. The number of hydrogen-bond acceptors (Lipinski definition) is 4. The summed E-state index contributed by atoms with van der Waals surface area (Å²) in [4.78, 5) is 14.4. The summed E-state index contributed by atoms with van der Waals surface area (Å²) in [7, 11) is 4.03. The van der Waals surface area contributed by atoms with Crippen molar-refractivity contribution in [3.05, 3.63) is 48.2 Å². The molecule has 1 aliphatic rings. The first kappa shape index (κ1) is 17.4. The summed E-state index contributed by atoms with van der Waals surface area (Å²) in [6, 6.07) is 11.5. The lowest BCUT2D eigenvalue weighted by atomic mass is 10.0. The highest BCUT2D eigenvalue weighted by Gasteiger charge is 2.30. The molecule has 1 fully saturated rings. The number of rotatable bonds is 6. The number of ether oxygens (including phenoxy) is 1. The number of amides is 2. The molecule has 134 valence electrons. The van der Waals surface area contributed by atoms with Crippen molar-refractivity contribution in [3.8, 4) is 0 Å². The second-order valence-corrected chi connectivity index (χ2v) is 6.46. The molecule has 0 bridgehead atoms. The Balaban J connectivity index is 1.53. The molecule has 2 atom stereocenters. The van der Waals surface area contributed by atoms with Crippen LogP contribution in [0.2, 0.25) is 0 Å². The van der Waals surface area contributed by atoms with Gasteiger partial charge in [0.1, 0.15) is 6.10 Å². The van der Waals surface area contributed by atoms with E-state index in [1.165, 1.54) is 0 Å². The van der Waals surface area contributed by atoms with Gasteiger partial charge in [0.25, 0.3) is 0 Å². The van der Waals surface area contributed by atoms with E-state index in [4.69, 9.17) is 4.74 Å². The van der Waals surface area contributed by atoms with Crippen LogP contribution in [0.25, 0.3) is 0 Å². The van der Waals surface area contributed by atoms with Crippen LogP contribution in [0.1, 0.15) is 18.1 Å². The van der Waals surface area contributed by atoms with Gasteiger partial charge in [-0.05, 0) is 26.1 Å². The summed E-state index contributed by atoms with van der Waals surface area (Å²) < 4.78 is 7.61. The van der Waals surface area contributed by atoms with Gasteiger partial charge in [0.05, 0.1) is 12.6 Å². The van der Waals surface area contributed by atoms with Gasteiger partial charge in [-0.25, -0.2) is 4.79 Å². The maximum absolute atomic E-state index is 12.3. The van der Waals surface area contributed by atoms with Gasteiger partial charge in [0, 0.05) is 25.4 Å². The quantitative estimate of drug-likeness (QED) is 0.843. The topological polar surface area (TPSA) is 71.4 Å². The number of nitrogens with one attached hydrogen (secondary N) is 2. The average molecular weight is 343 g/mol. The van der Waals surface area contributed by atoms with Crippen LogP contribution in [0.4, 0.5) is 10.6 Å². The fourth-order valence-corrected chi connectivity index (χ4v) is 2.88. The summed E-state index contributed by atoms with van der Waals surface area (Å²) in [5.74, 6) is 0.548. The first-order valence-corrected chi connectivity index (χ1v) is 8.54. The molecule has 0 aliphatic carbocycles. The predicted molar refractivity (Wildman–Crippen MR) is 96.5 cm³/mol. The van der Waals surface area contributed by atoms with Gasteiger partial charge in [-0.1, -0.05) is 30.3 Å². The molecule has 0 spiro atoms. The van der Waals surface area contributed by atoms with E-state index in [1.54, 1.807) is 6.07 Å². The van der Waals surface area contributed by atoms with Crippen molar-refractivity contribution in [2.45, 2.75) is 25.1 Å². The lowest BCUT2D eigenvalue weighted by Gasteiger charge is -2.20. The van der Waals surface area contributed by atoms with Gasteiger partial charge in [-0.2, -0.15) is 5.10 Å². The molecule has 0 radical (unpaired) electrons. The summed E-state index contributed by atoms with van der Waals surface area (Å²) in [5.41, 5.74) is 1.08. The third-order valence-corrected chi connectivity index (χ3v) is 4.19. The normalized spacial score (nSPS) is 20.0. The van der Waals surface area contributed by atoms with Gasteiger partial charge >= 0.3 is 6.03 Å². The third-order valence-electron chi connectivity index (χ3n) is 4.19. The van der Waals surface area contributed by atoms with Gasteiger partial charge in [0.15, 0.2) is 5.82 Å². The van der Waals surface area contributed by atoms with E-state index >= 15 is 0 Å². The zero-order valence-corrected chi connectivity index (χ0v) is 14.7. The van der Waals surface area contributed by atoms with Crippen LogP contribution in [-0.4, -0.2) is 54.0 Å². The standard InChI is InChI=1S/C18H25N5O2/c1-22(2)11-12-23-10-8-16(21-23)20-18(24)19-15-9-13-25-17(15)14-6-4-3-5-7-14/h3-8,10,15,17H,9,11-13H2,1-2H3,(H2,19,20,21,24)/t15-,17+/m1/s1. The second kappa shape index (κ2) is 8.13. The number of hydrogen-bond donors (Lipinski definition) is 2. The lowest BCUT2D eigenvalue weighted by molar-refractivity contribution is 0.100. The maximum atomic E-state index is 12.3. The van der Waals surface area contributed by atoms with Crippen molar-refractivity contribution in [1.29, 1.82) is 0 Å². The zero-order chi connectivity index (χ0) is 17.6. The summed E-state index contributed by atoms with van der Waals surface area (Å²) in [5, 5.41) is 10.2. The van der Waals surface area contributed by atoms with E-state index in [0.717, 1.165) is 25.1 Å². The number of urea groups is 1.